The van der Waals surface area contributed by atoms with Gasteiger partial charge in [-0.25, -0.2) is 9.37 Å². The predicted molar refractivity (Wildman–Crippen MR) is 63.6 cm³/mol. The van der Waals surface area contributed by atoms with Crippen molar-refractivity contribution in [3.8, 4) is 0 Å². The minimum atomic E-state index is -0.891. The fourth-order valence-corrected chi connectivity index (χ4v) is 1.60. The largest absolute Gasteiger partial charge is 0.322 e. The molecule has 1 aromatic heterocycles. The highest BCUT2D eigenvalue weighted by atomic mass is 35.5. The molecule has 0 spiro atoms. The minimum absolute atomic E-state index is 0.136. The molecule has 1 N–H and O–H groups in total. The number of benzene rings is 1. The van der Waals surface area contributed by atoms with E-state index in [0.717, 1.165) is 12.1 Å². The van der Waals surface area contributed by atoms with Crippen LogP contribution in [0.15, 0.2) is 36.5 Å². The van der Waals surface area contributed by atoms with E-state index in [1.54, 1.807) is 0 Å². The molecule has 92 valence electrons. The Morgan fingerprint density at radius 2 is 2.06 bits per heavy atom. The van der Waals surface area contributed by atoms with Crippen molar-refractivity contribution in [2.24, 2.45) is 0 Å². The molecule has 0 aliphatic carbocycles. The first kappa shape index (κ1) is 12.4. The lowest BCUT2D eigenvalue weighted by molar-refractivity contribution is 0.102. The lowest BCUT2D eigenvalue weighted by Gasteiger charge is -2.06. The number of nitrogens with zero attached hydrogens (tertiary/aromatic N) is 1. The van der Waals surface area contributed by atoms with Crippen LogP contribution in [0.1, 0.15) is 10.4 Å². The lowest BCUT2D eigenvalue weighted by atomic mass is 10.2. The quantitative estimate of drug-likeness (QED) is 0.850. The highest BCUT2D eigenvalue weighted by molar-refractivity contribution is 6.31. The molecule has 0 bridgehead atoms. The summed E-state index contributed by atoms with van der Waals surface area (Å²) in [5, 5.41) is 2.47. The van der Waals surface area contributed by atoms with Crippen molar-refractivity contribution in [3.05, 3.63) is 58.9 Å². The molecule has 2 rings (SSSR count). The summed E-state index contributed by atoms with van der Waals surface area (Å²) in [5.41, 5.74) is -0.0777. The molecule has 2 aromatic rings. The van der Waals surface area contributed by atoms with Crippen LogP contribution in [0.2, 0.25) is 5.02 Å². The Balaban J connectivity index is 2.24. The number of rotatable bonds is 2. The van der Waals surface area contributed by atoms with E-state index in [9.17, 15) is 13.6 Å². The Labute approximate surface area is 106 Å². The van der Waals surface area contributed by atoms with Crippen molar-refractivity contribution in [1.29, 1.82) is 0 Å². The molecule has 0 saturated carbocycles. The minimum Gasteiger partial charge on any atom is -0.322 e. The van der Waals surface area contributed by atoms with Gasteiger partial charge in [-0.1, -0.05) is 11.6 Å². The van der Waals surface area contributed by atoms with Gasteiger partial charge in [0, 0.05) is 16.9 Å². The van der Waals surface area contributed by atoms with Crippen molar-refractivity contribution in [3.63, 3.8) is 0 Å². The number of aromatic nitrogens is 1. The molecular weight excluding hydrogens is 262 g/mol. The predicted octanol–water partition coefficient (Wildman–Crippen LogP) is 3.27. The summed E-state index contributed by atoms with van der Waals surface area (Å²) < 4.78 is 26.3. The van der Waals surface area contributed by atoms with Gasteiger partial charge in [-0.15, -0.1) is 0 Å². The van der Waals surface area contributed by atoms with Gasteiger partial charge in [0.05, 0.1) is 5.56 Å². The Morgan fingerprint density at radius 3 is 2.72 bits per heavy atom. The first-order valence-electron chi connectivity index (χ1n) is 4.94. The maximum absolute atomic E-state index is 13.2. The van der Waals surface area contributed by atoms with E-state index < -0.39 is 17.7 Å². The maximum atomic E-state index is 13.2. The van der Waals surface area contributed by atoms with Crippen LogP contribution in [-0.4, -0.2) is 10.9 Å². The van der Waals surface area contributed by atoms with Gasteiger partial charge < -0.3 is 5.32 Å². The van der Waals surface area contributed by atoms with E-state index in [1.165, 1.54) is 24.4 Å². The number of amides is 1. The number of nitrogens with one attached hydrogen (secondary N) is 1. The molecule has 0 aliphatic heterocycles. The zero-order valence-corrected chi connectivity index (χ0v) is 9.71. The SMILES string of the molecule is O=C(Nc1cc(F)cc(Cl)c1)c1cccnc1F. The number of halogens is 3. The highest BCUT2D eigenvalue weighted by Gasteiger charge is 2.12. The van der Waals surface area contributed by atoms with Gasteiger partial charge in [-0.05, 0) is 30.3 Å². The second-order valence-corrected chi connectivity index (χ2v) is 3.89. The first-order chi connectivity index (χ1) is 8.56. The molecule has 0 atom stereocenters. The molecule has 1 heterocycles. The van der Waals surface area contributed by atoms with Crippen LogP contribution in [0.5, 0.6) is 0 Å². The number of carbonyl (C=O) groups excluding carboxylic acids is 1. The third-order valence-corrected chi connectivity index (χ3v) is 2.34. The summed E-state index contributed by atoms with van der Waals surface area (Å²) in [6.07, 6.45) is 1.23. The molecule has 1 aromatic carbocycles. The summed E-state index contributed by atoms with van der Waals surface area (Å²) in [4.78, 5) is 15.1. The van der Waals surface area contributed by atoms with Gasteiger partial charge in [0.2, 0.25) is 5.95 Å². The van der Waals surface area contributed by atoms with Crippen LogP contribution in [0.4, 0.5) is 14.5 Å². The molecule has 3 nitrogen and oxygen atoms in total. The number of anilines is 1. The van der Waals surface area contributed by atoms with Crippen LogP contribution in [0, 0.1) is 11.8 Å². The third kappa shape index (κ3) is 2.81. The van der Waals surface area contributed by atoms with Gasteiger partial charge in [0.1, 0.15) is 5.82 Å². The van der Waals surface area contributed by atoms with Crippen LogP contribution >= 0.6 is 11.6 Å². The molecule has 6 heteroatoms. The Morgan fingerprint density at radius 1 is 1.28 bits per heavy atom. The van der Waals surface area contributed by atoms with E-state index in [4.69, 9.17) is 11.6 Å². The summed E-state index contributed by atoms with van der Waals surface area (Å²) >= 11 is 5.63. The molecule has 1 amide bonds. The second kappa shape index (κ2) is 5.10. The van der Waals surface area contributed by atoms with Gasteiger partial charge in [0.15, 0.2) is 0 Å². The Kier molecular flexibility index (Phi) is 3.53. The second-order valence-electron chi connectivity index (χ2n) is 3.45. The highest BCUT2D eigenvalue weighted by Crippen LogP contribution is 2.19. The average Bonchev–Trinajstić information content (AvgIpc) is 2.27. The molecule has 0 fully saturated rings. The van der Waals surface area contributed by atoms with Crippen molar-refractivity contribution in [2.45, 2.75) is 0 Å². The topological polar surface area (TPSA) is 42.0 Å². The van der Waals surface area contributed by atoms with Crippen LogP contribution < -0.4 is 5.32 Å². The van der Waals surface area contributed by atoms with Crippen molar-refractivity contribution < 1.29 is 13.6 Å². The summed E-state index contributed by atoms with van der Waals surface area (Å²) in [6, 6.07) is 6.24. The van der Waals surface area contributed by atoms with Gasteiger partial charge in [-0.3, -0.25) is 4.79 Å². The monoisotopic (exact) mass is 268 g/mol. The summed E-state index contributed by atoms with van der Waals surface area (Å²) in [6.45, 7) is 0. The van der Waals surface area contributed by atoms with Crippen LogP contribution in [-0.2, 0) is 0 Å². The molecule has 0 saturated heterocycles. The normalized spacial score (nSPS) is 10.2. The van der Waals surface area contributed by atoms with E-state index >= 15 is 0 Å². The van der Waals surface area contributed by atoms with Crippen LogP contribution in [0.25, 0.3) is 0 Å². The van der Waals surface area contributed by atoms with Gasteiger partial charge in [0.25, 0.3) is 5.91 Å². The fraction of sp³-hybridized carbons (Fsp3) is 0. The molecular formula is C12H7ClF2N2O. The smallest absolute Gasteiger partial charge is 0.260 e. The average molecular weight is 269 g/mol. The fourth-order valence-electron chi connectivity index (χ4n) is 1.38. The third-order valence-electron chi connectivity index (χ3n) is 2.12. The van der Waals surface area contributed by atoms with Gasteiger partial charge in [-0.2, -0.15) is 4.39 Å². The van der Waals surface area contributed by atoms with E-state index in [1.807, 2.05) is 0 Å². The summed E-state index contributed by atoms with van der Waals surface area (Å²) in [5.74, 6) is -2.20. The maximum Gasteiger partial charge on any atom is 0.260 e. The zero-order valence-electron chi connectivity index (χ0n) is 8.95. The van der Waals surface area contributed by atoms with E-state index in [0.29, 0.717) is 0 Å². The number of pyridine rings is 1. The Hall–Kier alpha value is -2.01. The number of carbonyl (C=O) groups is 1. The molecule has 18 heavy (non-hydrogen) atoms. The van der Waals surface area contributed by atoms with E-state index in [2.05, 4.69) is 10.3 Å². The summed E-state index contributed by atoms with van der Waals surface area (Å²) in [7, 11) is 0. The van der Waals surface area contributed by atoms with E-state index in [-0.39, 0.29) is 16.3 Å². The van der Waals surface area contributed by atoms with Crippen molar-refractivity contribution in [1.82, 2.24) is 4.98 Å². The number of hydrogen-bond acceptors (Lipinski definition) is 2. The van der Waals surface area contributed by atoms with Crippen molar-refractivity contribution in [2.75, 3.05) is 5.32 Å². The zero-order chi connectivity index (χ0) is 13.1. The Bertz CT molecular complexity index is 584. The van der Waals surface area contributed by atoms with Crippen molar-refractivity contribution >= 4 is 23.2 Å². The molecule has 0 unspecified atom stereocenters. The molecule has 0 aliphatic rings. The number of hydrogen-bond donors (Lipinski definition) is 1. The lowest BCUT2D eigenvalue weighted by Crippen LogP contribution is -2.14. The van der Waals surface area contributed by atoms with Gasteiger partial charge >= 0.3 is 0 Å². The van der Waals surface area contributed by atoms with Crippen LogP contribution in [0.3, 0.4) is 0 Å². The molecule has 0 radical (unpaired) electrons. The standard InChI is InChI=1S/C12H7ClF2N2O/c13-7-4-8(14)6-9(5-7)17-12(18)10-2-1-3-16-11(10)15/h1-6H,(H,17,18). The first-order valence-corrected chi connectivity index (χ1v) is 5.32.